The Morgan fingerprint density at radius 2 is 1.75 bits per heavy atom. The monoisotopic (exact) mass is 555 g/mol. The van der Waals surface area contributed by atoms with Crippen molar-refractivity contribution in [3.8, 4) is 5.75 Å². The van der Waals surface area contributed by atoms with Crippen molar-refractivity contribution in [3.63, 3.8) is 0 Å². The van der Waals surface area contributed by atoms with E-state index in [1.807, 2.05) is 48.5 Å². The Morgan fingerprint density at radius 1 is 1.02 bits per heavy atom. The van der Waals surface area contributed by atoms with Crippen molar-refractivity contribution in [2.24, 2.45) is 0 Å². The van der Waals surface area contributed by atoms with Gasteiger partial charge in [0.2, 0.25) is 5.79 Å². The molecular formula is C29H33NO10. The Balaban J connectivity index is 1.53. The number of hydrogen-bond acceptors (Lipinski definition) is 10. The van der Waals surface area contributed by atoms with Gasteiger partial charge in [-0.1, -0.05) is 30.3 Å². The smallest absolute Gasteiger partial charge is 0.343 e. The average molecular weight is 556 g/mol. The van der Waals surface area contributed by atoms with E-state index in [2.05, 4.69) is 4.98 Å². The Kier molecular flexibility index (Phi) is 8.36. The molecule has 214 valence electrons. The summed E-state index contributed by atoms with van der Waals surface area (Å²) in [5.41, 5.74) is 0.854. The van der Waals surface area contributed by atoms with Crippen molar-refractivity contribution in [1.29, 1.82) is 0 Å². The van der Waals surface area contributed by atoms with Gasteiger partial charge in [-0.2, -0.15) is 0 Å². The molecular weight excluding hydrogens is 522 g/mol. The van der Waals surface area contributed by atoms with Crippen LogP contribution in [-0.2, 0) is 20.9 Å². The molecule has 7 N–H and O–H groups in total. The number of aliphatic hydroxyl groups excluding tert-OH is 5. The maximum Gasteiger partial charge on any atom is 0.343 e. The molecule has 0 spiro atoms. The quantitative estimate of drug-likeness (QED) is 0.0807. The zero-order valence-electron chi connectivity index (χ0n) is 21.7. The maximum absolute atomic E-state index is 13.6. The minimum atomic E-state index is -2.58. The van der Waals surface area contributed by atoms with Crippen molar-refractivity contribution >= 4 is 38.4 Å². The van der Waals surface area contributed by atoms with E-state index in [1.54, 1.807) is 0 Å². The maximum atomic E-state index is 13.6. The SMILES string of the molecule is O=C(Oc1c(CO)[nH]c2ccc3cc4ccccc4cc3c12)[C@@H]1O[C@@](O)([C@H](O)CCCO)[C@H](O)[C@H]1OCCCO. The lowest BCUT2D eigenvalue weighted by atomic mass is 9.97. The van der Waals surface area contributed by atoms with Gasteiger partial charge in [0, 0.05) is 19.8 Å². The van der Waals surface area contributed by atoms with Gasteiger partial charge in [0.25, 0.3) is 0 Å². The van der Waals surface area contributed by atoms with Crippen molar-refractivity contribution in [2.45, 2.75) is 56.1 Å². The number of aromatic nitrogens is 1. The number of nitrogens with one attached hydrogen (secondary N) is 1. The Morgan fingerprint density at radius 3 is 2.45 bits per heavy atom. The molecule has 1 saturated heterocycles. The molecule has 5 atom stereocenters. The fourth-order valence-electron chi connectivity index (χ4n) is 5.27. The summed E-state index contributed by atoms with van der Waals surface area (Å²) < 4.78 is 17.0. The van der Waals surface area contributed by atoms with Crippen molar-refractivity contribution in [1.82, 2.24) is 4.98 Å². The van der Waals surface area contributed by atoms with Crippen LogP contribution < -0.4 is 4.74 Å². The third-order valence-corrected chi connectivity index (χ3v) is 7.34. The largest absolute Gasteiger partial charge is 0.422 e. The second kappa shape index (κ2) is 11.8. The number of hydrogen-bond donors (Lipinski definition) is 7. The van der Waals surface area contributed by atoms with Crippen LogP contribution in [0.2, 0.25) is 0 Å². The van der Waals surface area contributed by atoms with Crippen LogP contribution in [0.3, 0.4) is 0 Å². The first-order valence-electron chi connectivity index (χ1n) is 13.2. The minimum Gasteiger partial charge on any atom is -0.422 e. The molecule has 40 heavy (non-hydrogen) atoms. The number of H-pyrrole nitrogens is 1. The van der Waals surface area contributed by atoms with Crippen LogP contribution in [0.25, 0.3) is 32.4 Å². The number of esters is 1. The predicted molar refractivity (Wildman–Crippen MR) is 144 cm³/mol. The predicted octanol–water partition coefficient (Wildman–Crippen LogP) is 1.22. The first-order valence-corrected chi connectivity index (χ1v) is 13.2. The molecule has 0 saturated carbocycles. The molecule has 0 radical (unpaired) electrons. The van der Waals surface area contributed by atoms with Gasteiger partial charge in [0.1, 0.15) is 18.3 Å². The van der Waals surface area contributed by atoms with Gasteiger partial charge < -0.3 is 49.8 Å². The lowest BCUT2D eigenvalue weighted by Gasteiger charge is -2.31. The molecule has 0 bridgehead atoms. The van der Waals surface area contributed by atoms with Crippen LogP contribution in [0, 0.1) is 0 Å². The molecule has 5 rings (SSSR count). The summed E-state index contributed by atoms with van der Waals surface area (Å²) in [6, 6.07) is 15.5. The van der Waals surface area contributed by atoms with E-state index in [1.165, 1.54) is 0 Å². The number of ether oxygens (including phenoxy) is 3. The Bertz CT molecular complexity index is 1500. The highest BCUT2D eigenvalue weighted by Gasteiger charge is 2.60. The van der Waals surface area contributed by atoms with E-state index < -0.39 is 42.8 Å². The Labute approximate surface area is 229 Å². The number of aromatic amines is 1. The van der Waals surface area contributed by atoms with E-state index in [-0.39, 0.29) is 50.5 Å². The van der Waals surface area contributed by atoms with Gasteiger partial charge in [0.15, 0.2) is 11.9 Å². The lowest BCUT2D eigenvalue weighted by Crippen LogP contribution is -2.52. The molecule has 1 aliphatic rings. The van der Waals surface area contributed by atoms with Gasteiger partial charge in [-0.25, -0.2) is 4.79 Å². The molecule has 0 aliphatic carbocycles. The molecule has 1 aliphatic heterocycles. The zero-order valence-corrected chi connectivity index (χ0v) is 21.7. The number of rotatable bonds is 11. The van der Waals surface area contributed by atoms with E-state index >= 15 is 0 Å². The standard InChI is InChI=1S/C29H33NO10/c31-10-3-7-22(34)29(37)27(35)25(38-12-4-11-32)26(40-29)28(36)39-24-21(15-33)30-20-9-8-18-13-16-5-1-2-6-17(16)14-19(18)23(20)24/h1-2,5-6,8-9,13-14,22,25-27,30-35,37H,3-4,7,10-12,15H2/t22-,25+,26-,27-,29+/m1/s1. The third-order valence-electron chi connectivity index (χ3n) is 7.34. The summed E-state index contributed by atoms with van der Waals surface area (Å²) in [5, 5.41) is 65.0. The van der Waals surface area contributed by atoms with Gasteiger partial charge in [-0.05, 0) is 59.0 Å². The third kappa shape index (κ3) is 5.06. The molecule has 4 aromatic rings. The molecule has 0 unspecified atom stereocenters. The van der Waals surface area contributed by atoms with E-state index in [0.717, 1.165) is 21.5 Å². The van der Waals surface area contributed by atoms with E-state index in [4.69, 9.17) is 24.4 Å². The van der Waals surface area contributed by atoms with Gasteiger partial charge >= 0.3 is 5.97 Å². The summed E-state index contributed by atoms with van der Waals surface area (Å²) >= 11 is 0. The van der Waals surface area contributed by atoms with Crippen LogP contribution in [-0.4, -0.2) is 91.6 Å². The second-order valence-corrected chi connectivity index (χ2v) is 9.95. The van der Waals surface area contributed by atoms with Crippen LogP contribution in [0.15, 0.2) is 48.5 Å². The summed E-state index contributed by atoms with van der Waals surface area (Å²) in [5.74, 6) is -3.53. The first kappa shape index (κ1) is 28.4. The van der Waals surface area contributed by atoms with Crippen molar-refractivity contribution < 1.29 is 49.6 Å². The highest BCUT2D eigenvalue weighted by molar-refractivity contribution is 6.14. The fraction of sp³-hybridized carbons (Fsp3) is 0.414. The number of benzene rings is 3. The first-order chi connectivity index (χ1) is 19.3. The zero-order chi connectivity index (χ0) is 28.4. The van der Waals surface area contributed by atoms with Crippen LogP contribution in [0.1, 0.15) is 25.0 Å². The normalized spacial score (nSPS) is 23.8. The van der Waals surface area contributed by atoms with E-state index in [0.29, 0.717) is 10.9 Å². The molecule has 2 heterocycles. The van der Waals surface area contributed by atoms with Crippen LogP contribution in [0.4, 0.5) is 0 Å². The number of carbonyl (C=O) groups excluding carboxylic acids is 1. The number of carbonyl (C=O) groups is 1. The van der Waals surface area contributed by atoms with Gasteiger partial charge in [-0.3, -0.25) is 0 Å². The molecule has 1 aromatic heterocycles. The second-order valence-electron chi connectivity index (χ2n) is 9.95. The summed E-state index contributed by atoms with van der Waals surface area (Å²) in [4.78, 5) is 16.7. The minimum absolute atomic E-state index is 0.0619. The lowest BCUT2D eigenvalue weighted by molar-refractivity contribution is -0.276. The summed E-state index contributed by atoms with van der Waals surface area (Å²) in [6.45, 7) is -1.01. The van der Waals surface area contributed by atoms with Crippen molar-refractivity contribution in [3.05, 3.63) is 54.2 Å². The number of fused-ring (bicyclic) bond motifs is 4. The molecule has 11 nitrogen and oxygen atoms in total. The highest BCUT2D eigenvalue weighted by atomic mass is 16.7. The van der Waals surface area contributed by atoms with Crippen LogP contribution in [0.5, 0.6) is 5.75 Å². The molecule has 0 amide bonds. The van der Waals surface area contributed by atoms with Crippen molar-refractivity contribution in [2.75, 3.05) is 19.8 Å². The van der Waals surface area contributed by atoms with Crippen LogP contribution >= 0.6 is 0 Å². The molecule has 11 heteroatoms. The fourth-order valence-corrected chi connectivity index (χ4v) is 5.27. The summed E-state index contributed by atoms with van der Waals surface area (Å²) in [6.07, 6.45) is -6.40. The van der Waals surface area contributed by atoms with E-state index in [9.17, 15) is 25.2 Å². The molecule has 3 aromatic carbocycles. The number of aliphatic hydroxyl groups is 6. The molecule has 1 fully saturated rings. The summed E-state index contributed by atoms with van der Waals surface area (Å²) in [7, 11) is 0. The Hall–Kier alpha value is -3.13. The highest BCUT2D eigenvalue weighted by Crippen LogP contribution is 2.40. The average Bonchev–Trinajstić information content (AvgIpc) is 3.45. The van der Waals surface area contributed by atoms with Gasteiger partial charge in [0.05, 0.1) is 23.2 Å². The van der Waals surface area contributed by atoms with Gasteiger partial charge in [-0.15, -0.1) is 0 Å². The topological polar surface area (TPSA) is 182 Å².